The van der Waals surface area contributed by atoms with Crippen molar-refractivity contribution in [3.8, 4) is 0 Å². The summed E-state index contributed by atoms with van der Waals surface area (Å²) in [5, 5.41) is 9.23. The lowest BCUT2D eigenvalue weighted by molar-refractivity contribution is 0.196. The van der Waals surface area contributed by atoms with E-state index < -0.39 is 6.10 Å². The summed E-state index contributed by atoms with van der Waals surface area (Å²) in [6.07, 6.45) is 1.03. The average molecular weight is 144 g/mol. The van der Waals surface area contributed by atoms with E-state index in [0.717, 1.165) is 6.42 Å². The number of aliphatic hydroxyl groups excluding tert-OH is 1. The summed E-state index contributed by atoms with van der Waals surface area (Å²) in [6, 6.07) is 0. The van der Waals surface area contributed by atoms with E-state index in [4.69, 9.17) is 11.5 Å². The second-order valence-corrected chi connectivity index (χ2v) is 2.44. The Balaban J connectivity index is 3.94. The van der Waals surface area contributed by atoms with Gasteiger partial charge in [-0.3, -0.25) is 0 Å². The Morgan fingerprint density at radius 3 is 2.30 bits per heavy atom. The molecule has 0 rings (SSSR count). The van der Waals surface area contributed by atoms with Crippen molar-refractivity contribution >= 4 is 0 Å². The molecule has 0 aromatic heterocycles. The molecule has 0 radical (unpaired) electrons. The lowest BCUT2D eigenvalue weighted by Gasteiger charge is -2.10. The fourth-order valence-corrected chi connectivity index (χ4v) is 0.692. The largest absolute Gasteiger partial charge is 0.401 e. The highest BCUT2D eigenvalue weighted by atomic mass is 16.3. The Bertz CT molecular complexity index is 128. The summed E-state index contributed by atoms with van der Waals surface area (Å²) in [6.45, 7) is 3.68. The number of hydrogen-bond acceptors (Lipinski definition) is 3. The SMILES string of the molecule is CCC[C@@H](O)/C(N)=C(/C)N. The number of allylic oxidation sites excluding steroid dienone is 1. The molecule has 0 aliphatic carbocycles. The number of rotatable bonds is 3. The van der Waals surface area contributed by atoms with Crippen LogP contribution < -0.4 is 11.5 Å². The molecule has 0 aliphatic rings. The first-order valence-corrected chi connectivity index (χ1v) is 3.49. The third-order valence-electron chi connectivity index (χ3n) is 1.38. The Morgan fingerprint density at radius 2 is 2.00 bits per heavy atom. The Morgan fingerprint density at radius 1 is 1.50 bits per heavy atom. The molecule has 1 atom stereocenters. The monoisotopic (exact) mass is 144 g/mol. The second kappa shape index (κ2) is 4.17. The highest BCUT2D eigenvalue weighted by Gasteiger charge is 2.06. The molecule has 0 aromatic carbocycles. The summed E-state index contributed by atoms with van der Waals surface area (Å²) in [5.41, 5.74) is 11.7. The van der Waals surface area contributed by atoms with E-state index in [1.165, 1.54) is 0 Å². The lowest BCUT2D eigenvalue weighted by Crippen LogP contribution is -2.21. The number of aliphatic hydroxyl groups is 1. The van der Waals surface area contributed by atoms with Crippen LogP contribution >= 0.6 is 0 Å². The van der Waals surface area contributed by atoms with Crippen molar-refractivity contribution in [3.63, 3.8) is 0 Å². The van der Waals surface area contributed by atoms with Crippen molar-refractivity contribution in [2.45, 2.75) is 32.8 Å². The molecular formula is C7H16N2O. The molecule has 0 aromatic rings. The van der Waals surface area contributed by atoms with Crippen LogP contribution in [0.3, 0.4) is 0 Å². The maximum Gasteiger partial charge on any atom is 0.0949 e. The van der Waals surface area contributed by atoms with Gasteiger partial charge in [-0.05, 0) is 13.3 Å². The third-order valence-corrected chi connectivity index (χ3v) is 1.38. The van der Waals surface area contributed by atoms with E-state index in [0.29, 0.717) is 17.8 Å². The summed E-state index contributed by atoms with van der Waals surface area (Å²) in [4.78, 5) is 0. The zero-order chi connectivity index (χ0) is 8.15. The van der Waals surface area contributed by atoms with Gasteiger partial charge in [-0.15, -0.1) is 0 Å². The van der Waals surface area contributed by atoms with Gasteiger partial charge in [-0.1, -0.05) is 13.3 Å². The standard InChI is InChI=1S/C7H16N2O/c1-3-4-6(10)7(9)5(2)8/h6,10H,3-4,8-9H2,1-2H3/b7-5+/t6-/m1/s1. The first-order chi connectivity index (χ1) is 4.59. The van der Waals surface area contributed by atoms with Crippen LogP contribution in [-0.2, 0) is 0 Å². The molecule has 0 saturated heterocycles. The Labute approximate surface area is 61.7 Å². The van der Waals surface area contributed by atoms with E-state index in [2.05, 4.69) is 0 Å². The molecule has 0 bridgehead atoms. The van der Waals surface area contributed by atoms with E-state index in [-0.39, 0.29) is 0 Å². The maximum atomic E-state index is 9.23. The number of nitrogens with two attached hydrogens (primary N) is 2. The van der Waals surface area contributed by atoms with E-state index >= 15 is 0 Å². The molecule has 3 heteroatoms. The van der Waals surface area contributed by atoms with Gasteiger partial charge in [-0.2, -0.15) is 0 Å². The Hall–Kier alpha value is -0.700. The van der Waals surface area contributed by atoms with Gasteiger partial charge in [0.2, 0.25) is 0 Å². The quantitative estimate of drug-likeness (QED) is 0.533. The smallest absolute Gasteiger partial charge is 0.0949 e. The molecule has 0 spiro atoms. The van der Waals surface area contributed by atoms with Crippen LogP contribution in [0.4, 0.5) is 0 Å². The van der Waals surface area contributed by atoms with Gasteiger partial charge < -0.3 is 16.6 Å². The van der Waals surface area contributed by atoms with Crippen molar-refractivity contribution in [1.29, 1.82) is 0 Å². The molecule has 0 aliphatic heterocycles. The van der Waals surface area contributed by atoms with E-state index in [1.54, 1.807) is 6.92 Å². The van der Waals surface area contributed by atoms with Crippen molar-refractivity contribution in [3.05, 3.63) is 11.4 Å². The van der Waals surface area contributed by atoms with E-state index in [1.807, 2.05) is 6.92 Å². The van der Waals surface area contributed by atoms with Gasteiger partial charge in [0.1, 0.15) is 0 Å². The van der Waals surface area contributed by atoms with Crippen molar-refractivity contribution in [2.75, 3.05) is 0 Å². The average Bonchev–Trinajstić information content (AvgIpc) is 1.87. The first kappa shape index (κ1) is 9.30. The van der Waals surface area contributed by atoms with Gasteiger partial charge in [-0.25, -0.2) is 0 Å². The Kier molecular flexibility index (Phi) is 3.88. The van der Waals surface area contributed by atoms with Crippen LogP contribution in [0.2, 0.25) is 0 Å². The normalized spacial score (nSPS) is 16.3. The number of hydrogen-bond donors (Lipinski definition) is 3. The molecule has 60 valence electrons. The lowest BCUT2D eigenvalue weighted by atomic mass is 10.1. The fraction of sp³-hybridized carbons (Fsp3) is 0.714. The summed E-state index contributed by atoms with van der Waals surface area (Å²) >= 11 is 0. The van der Waals surface area contributed by atoms with Gasteiger partial charge in [0.05, 0.1) is 11.8 Å². The van der Waals surface area contributed by atoms with Gasteiger partial charge in [0.25, 0.3) is 0 Å². The van der Waals surface area contributed by atoms with Crippen LogP contribution in [-0.4, -0.2) is 11.2 Å². The summed E-state index contributed by atoms with van der Waals surface area (Å²) in [5.74, 6) is 0. The predicted molar refractivity (Wildman–Crippen MR) is 42.0 cm³/mol. The predicted octanol–water partition coefficient (Wildman–Crippen LogP) is 0.296. The summed E-state index contributed by atoms with van der Waals surface area (Å²) < 4.78 is 0. The molecule has 0 amide bonds. The van der Waals surface area contributed by atoms with Crippen LogP contribution in [0.15, 0.2) is 11.4 Å². The van der Waals surface area contributed by atoms with Gasteiger partial charge in [0, 0.05) is 5.70 Å². The zero-order valence-electron chi connectivity index (χ0n) is 6.59. The highest BCUT2D eigenvalue weighted by Crippen LogP contribution is 2.04. The molecule has 0 saturated carbocycles. The first-order valence-electron chi connectivity index (χ1n) is 3.49. The molecule has 0 fully saturated rings. The zero-order valence-corrected chi connectivity index (χ0v) is 6.59. The van der Waals surface area contributed by atoms with Gasteiger partial charge in [0.15, 0.2) is 0 Å². The van der Waals surface area contributed by atoms with Crippen LogP contribution in [0.25, 0.3) is 0 Å². The molecule has 5 N–H and O–H groups in total. The molecule has 3 nitrogen and oxygen atoms in total. The maximum absolute atomic E-state index is 9.23. The molecule has 0 unspecified atom stereocenters. The molecular weight excluding hydrogens is 128 g/mol. The van der Waals surface area contributed by atoms with Crippen molar-refractivity contribution in [1.82, 2.24) is 0 Å². The minimum absolute atomic E-state index is 0.404. The molecule has 10 heavy (non-hydrogen) atoms. The highest BCUT2D eigenvalue weighted by molar-refractivity contribution is 5.08. The molecule has 0 heterocycles. The van der Waals surface area contributed by atoms with Crippen molar-refractivity contribution in [2.24, 2.45) is 11.5 Å². The fourth-order valence-electron chi connectivity index (χ4n) is 0.692. The topological polar surface area (TPSA) is 72.3 Å². The van der Waals surface area contributed by atoms with E-state index in [9.17, 15) is 5.11 Å². The minimum Gasteiger partial charge on any atom is -0.401 e. The van der Waals surface area contributed by atoms with Crippen LogP contribution in [0, 0.1) is 0 Å². The van der Waals surface area contributed by atoms with Crippen molar-refractivity contribution < 1.29 is 5.11 Å². The van der Waals surface area contributed by atoms with Gasteiger partial charge >= 0.3 is 0 Å². The minimum atomic E-state index is -0.560. The summed E-state index contributed by atoms with van der Waals surface area (Å²) in [7, 11) is 0. The van der Waals surface area contributed by atoms with Crippen LogP contribution in [0.1, 0.15) is 26.7 Å². The van der Waals surface area contributed by atoms with Crippen LogP contribution in [0.5, 0.6) is 0 Å². The third kappa shape index (κ3) is 2.73. The second-order valence-electron chi connectivity index (χ2n) is 2.44.